The summed E-state index contributed by atoms with van der Waals surface area (Å²) < 4.78 is 5.69. The molecule has 0 amide bonds. The minimum Gasteiger partial charge on any atom is -0.387 e. The van der Waals surface area contributed by atoms with Crippen LogP contribution >= 0.6 is 0 Å². The lowest BCUT2D eigenvalue weighted by Crippen LogP contribution is -2.35. The summed E-state index contributed by atoms with van der Waals surface area (Å²) in [5.41, 5.74) is 2.36. The summed E-state index contributed by atoms with van der Waals surface area (Å²) in [5.74, 6) is 0. The number of benzene rings is 1. The molecule has 2 atom stereocenters. The molecule has 21 heavy (non-hydrogen) atoms. The van der Waals surface area contributed by atoms with Crippen LogP contribution in [0.15, 0.2) is 24.3 Å². The van der Waals surface area contributed by atoms with Gasteiger partial charge in [0.1, 0.15) is 0 Å². The minimum absolute atomic E-state index is 0.351. The predicted octanol–water partition coefficient (Wildman–Crippen LogP) is 3.17. The van der Waals surface area contributed by atoms with E-state index in [4.69, 9.17) is 4.74 Å². The molecule has 3 heteroatoms. The van der Waals surface area contributed by atoms with E-state index in [2.05, 4.69) is 43.0 Å². The third-order valence-electron chi connectivity index (χ3n) is 4.27. The van der Waals surface area contributed by atoms with Crippen molar-refractivity contribution in [2.24, 2.45) is 0 Å². The van der Waals surface area contributed by atoms with E-state index >= 15 is 0 Å². The van der Waals surface area contributed by atoms with Gasteiger partial charge in [-0.15, -0.1) is 0 Å². The Kier molecular flexibility index (Phi) is 6.68. The van der Waals surface area contributed by atoms with Crippen LogP contribution < -0.4 is 0 Å². The van der Waals surface area contributed by atoms with Gasteiger partial charge in [-0.2, -0.15) is 0 Å². The first-order chi connectivity index (χ1) is 10.2. The standard InChI is InChI=1S/C18H29NO2/c1-3-6-15-8-10-16(11-9-15)18(20)14-19(4-2)13-17-7-5-12-21-17/h8-11,17-18,20H,3-7,12-14H2,1-2H3. The van der Waals surface area contributed by atoms with Crippen LogP contribution in [0.4, 0.5) is 0 Å². The van der Waals surface area contributed by atoms with Crippen LogP contribution in [0.1, 0.15) is 50.3 Å². The summed E-state index contributed by atoms with van der Waals surface area (Å²) in [7, 11) is 0. The fourth-order valence-electron chi connectivity index (χ4n) is 2.95. The summed E-state index contributed by atoms with van der Waals surface area (Å²) in [6.45, 7) is 7.79. The molecule has 1 aliphatic heterocycles. The van der Waals surface area contributed by atoms with Crippen LogP contribution in [0, 0.1) is 0 Å². The molecule has 0 aliphatic carbocycles. The Morgan fingerprint density at radius 1 is 1.29 bits per heavy atom. The van der Waals surface area contributed by atoms with Crippen molar-refractivity contribution in [3.63, 3.8) is 0 Å². The number of aliphatic hydroxyl groups is 1. The quantitative estimate of drug-likeness (QED) is 0.798. The molecule has 1 fully saturated rings. The van der Waals surface area contributed by atoms with Crippen molar-refractivity contribution >= 4 is 0 Å². The summed E-state index contributed by atoms with van der Waals surface area (Å²) in [6, 6.07) is 8.40. The average molecular weight is 291 g/mol. The summed E-state index contributed by atoms with van der Waals surface area (Å²) in [5, 5.41) is 10.4. The van der Waals surface area contributed by atoms with Gasteiger partial charge in [0.05, 0.1) is 12.2 Å². The first kappa shape index (κ1) is 16.5. The van der Waals surface area contributed by atoms with Gasteiger partial charge in [0.2, 0.25) is 0 Å². The highest BCUT2D eigenvalue weighted by Crippen LogP contribution is 2.18. The first-order valence-corrected chi connectivity index (χ1v) is 8.33. The van der Waals surface area contributed by atoms with E-state index in [0.717, 1.165) is 44.5 Å². The molecule has 0 bridgehead atoms. The minimum atomic E-state index is -0.415. The number of likely N-dealkylation sites (N-methyl/N-ethyl adjacent to an activating group) is 1. The fourth-order valence-corrected chi connectivity index (χ4v) is 2.95. The SMILES string of the molecule is CCCc1ccc(C(O)CN(CC)CC2CCCO2)cc1. The molecule has 1 N–H and O–H groups in total. The van der Waals surface area contributed by atoms with Crippen molar-refractivity contribution in [1.29, 1.82) is 0 Å². The van der Waals surface area contributed by atoms with Crippen LogP contribution in [0.2, 0.25) is 0 Å². The van der Waals surface area contributed by atoms with Gasteiger partial charge in [-0.05, 0) is 36.9 Å². The second kappa shape index (κ2) is 8.52. The molecule has 118 valence electrons. The van der Waals surface area contributed by atoms with E-state index in [-0.39, 0.29) is 0 Å². The van der Waals surface area contributed by atoms with Crippen molar-refractivity contribution in [3.05, 3.63) is 35.4 Å². The topological polar surface area (TPSA) is 32.7 Å². The zero-order chi connectivity index (χ0) is 15.1. The van der Waals surface area contributed by atoms with Gasteiger partial charge in [-0.1, -0.05) is 44.5 Å². The molecule has 1 heterocycles. The van der Waals surface area contributed by atoms with Crippen LogP contribution in [-0.4, -0.2) is 42.4 Å². The van der Waals surface area contributed by atoms with Crippen molar-refractivity contribution in [2.45, 2.75) is 51.7 Å². The van der Waals surface area contributed by atoms with E-state index in [1.165, 1.54) is 12.0 Å². The second-order valence-electron chi connectivity index (χ2n) is 5.99. The van der Waals surface area contributed by atoms with Crippen LogP contribution in [-0.2, 0) is 11.2 Å². The Morgan fingerprint density at radius 3 is 2.62 bits per heavy atom. The number of nitrogens with zero attached hydrogens (tertiary/aromatic N) is 1. The molecule has 0 aromatic heterocycles. The largest absolute Gasteiger partial charge is 0.387 e. The molecule has 1 aromatic carbocycles. The van der Waals surface area contributed by atoms with Gasteiger partial charge in [0, 0.05) is 19.7 Å². The smallest absolute Gasteiger partial charge is 0.0916 e. The van der Waals surface area contributed by atoms with Gasteiger partial charge >= 0.3 is 0 Å². The van der Waals surface area contributed by atoms with Crippen LogP contribution in [0.25, 0.3) is 0 Å². The molecule has 0 radical (unpaired) electrons. The molecule has 1 saturated heterocycles. The number of rotatable bonds is 8. The van der Waals surface area contributed by atoms with Crippen molar-refractivity contribution in [2.75, 3.05) is 26.2 Å². The molecule has 3 nitrogen and oxygen atoms in total. The Hall–Kier alpha value is -0.900. The van der Waals surface area contributed by atoms with E-state index in [9.17, 15) is 5.11 Å². The number of ether oxygens (including phenoxy) is 1. The molecule has 2 rings (SSSR count). The monoisotopic (exact) mass is 291 g/mol. The number of hydrogen-bond donors (Lipinski definition) is 1. The van der Waals surface area contributed by atoms with Crippen molar-refractivity contribution in [3.8, 4) is 0 Å². The van der Waals surface area contributed by atoms with Crippen molar-refractivity contribution < 1.29 is 9.84 Å². The lowest BCUT2D eigenvalue weighted by atomic mass is 10.0. The van der Waals surface area contributed by atoms with Gasteiger partial charge in [0.15, 0.2) is 0 Å². The van der Waals surface area contributed by atoms with Gasteiger partial charge in [-0.3, -0.25) is 4.90 Å². The number of hydrogen-bond acceptors (Lipinski definition) is 3. The third kappa shape index (κ3) is 5.10. The maximum Gasteiger partial charge on any atom is 0.0916 e. The highest BCUT2D eigenvalue weighted by molar-refractivity contribution is 5.24. The third-order valence-corrected chi connectivity index (χ3v) is 4.27. The summed E-state index contributed by atoms with van der Waals surface area (Å²) in [6.07, 6.45) is 4.52. The Morgan fingerprint density at radius 2 is 2.05 bits per heavy atom. The lowest BCUT2D eigenvalue weighted by molar-refractivity contribution is 0.0516. The van der Waals surface area contributed by atoms with E-state index in [0.29, 0.717) is 12.6 Å². The van der Waals surface area contributed by atoms with Crippen molar-refractivity contribution in [1.82, 2.24) is 4.90 Å². The van der Waals surface area contributed by atoms with E-state index in [1.807, 2.05) is 0 Å². The highest BCUT2D eigenvalue weighted by Gasteiger charge is 2.20. The summed E-state index contributed by atoms with van der Waals surface area (Å²) in [4.78, 5) is 2.29. The molecular formula is C18H29NO2. The zero-order valence-electron chi connectivity index (χ0n) is 13.4. The number of aliphatic hydroxyl groups excluding tert-OH is 1. The predicted molar refractivity (Wildman–Crippen MR) is 86.5 cm³/mol. The van der Waals surface area contributed by atoms with Crippen LogP contribution in [0.3, 0.4) is 0 Å². The molecule has 2 unspecified atom stereocenters. The number of aryl methyl sites for hydroxylation is 1. The first-order valence-electron chi connectivity index (χ1n) is 8.33. The van der Waals surface area contributed by atoms with E-state index < -0.39 is 6.10 Å². The second-order valence-corrected chi connectivity index (χ2v) is 5.99. The molecule has 1 aliphatic rings. The Labute approximate surface area is 128 Å². The van der Waals surface area contributed by atoms with E-state index in [1.54, 1.807) is 0 Å². The van der Waals surface area contributed by atoms with Gasteiger partial charge in [0.25, 0.3) is 0 Å². The maximum absolute atomic E-state index is 10.4. The Bertz CT molecular complexity index is 398. The molecule has 1 aromatic rings. The molecular weight excluding hydrogens is 262 g/mol. The van der Waals surface area contributed by atoms with Crippen LogP contribution in [0.5, 0.6) is 0 Å². The normalized spacial score (nSPS) is 20.1. The molecule has 0 spiro atoms. The Balaban J connectivity index is 1.86. The molecule has 0 saturated carbocycles. The summed E-state index contributed by atoms with van der Waals surface area (Å²) >= 11 is 0. The average Bonchev–Trinajstić information content (AvgIpc) is 3.00. The lowest BCUT2D eigenvalue weighted by Gasteiger charge is -2.26. The zero-order valence-corrected chi connectivity index (χ0v) is 13.4. The van der Waals surface area contributed by atoms with Gasteiger partial charge < -0.3 is 9.84 Å². The maximum atomic E-state index is 10.4. The fraction of sp³-hybridized carbons (Fsp3) is 0.667. The highest BCUT2D eigenvalue weighted by atomic mass is 16.5. The van der Waals surface area contributed by atoms with Gasteiger partial charge in [-0.25, -0.2) is 0 Å².